The van der Waals surface area contributed by atoms with E-state index in [-0.39, 0.29) is 0 Å². The van der Waals surface area contributed by atoms with Crippen molar-refractivity contribution in [1.29, 1.82) is 5.41 Å². The van der Waals surface area contributed by atoms with Crippen LogP contribution in [-0.2, 0) is 6.54 Å². The third-order valence-corrected chi connectivity index (χ3v) is 3.36. The second-order valence-corrected chi connectivity index (χ2v) is 4.62. The van der Waals surface area contributed by atoms with Crippen molar-refractivity contribution < 1.29 is 0 Å². The average molecular weight is 202 g/mol. The Bertz CT molecular complexity index is 382. The number of nitrogens with zero attached hydrogens (tertiary/aromatic N) is 1. The van der Waals surface area contributed by atoms with Crippen LogP contribution in [0.5, 0.6) is 0 Å². The third-order valence-electron chi connectivity index (χ3n) is 3.36. The first-order valence-corrected chi connectivity index (χ1v) is 5.54. The second kappa shape index (κ2) is 3.69. The monoisotopic (exact) mass is 202 g/mol. The summed E-state index contributed by atoms with van der Waals surface area (Å²) in [7, 11) is 0. The smallest absolute Gasteiger partial charge is 0.128 e. The summed E-state index contributed by atoms with van der Waals surface area (Å²) in [5, 5.41) is 8.14. The number of benzene rings is 1. The number of hydrogen-bond acceptors (Lipinski definition) is 1. The van der Waals surface area contributed by atoms with Gasteiger partial charge in [0, 0.05) is 18.2 Å². The summed E-state index contributed by atoms with van der Waals surface area (Å²) in [4.78, 5) is 2.19. The highest BCUT2D eigenvalue weighted by molar-refractivity contribution is 6.00. The summed E-state index contributed by atoms with van der Waals surface area (Å²) >= 11 is 0. The van der Waals surface area contributed by atoms with Crippen molar-refractivity contribution in [3.8, 4) is 0 Å². The molecule has 0 radical (unpaired) electrons. The van der Waals surface area contributed by atoms with Gasteiger partial charge in [-0.2, -0.15) is 0 Å². The molecule has 2 nitrogen and oxygen atoms in total. The molecule has 0 aliphatic carbocycles. The Morgan fingerprint density at radius 3 is 2.47 bits per heavy atom. The van der Waals surface area contributed by atoms with Gasteiger partial charge in [-0.1, -0.05) is 38.1 Å². The van der Waals surface area contributed by atoms with Crippen molar-refractivity contribution in [3.63, 3.8) is 0 Å². The maximum atomic E-state index is 8.14. The first-order valence-electron chi connectivity index (χ1n) is 5.54. The summed E-state index contributed by atoms with van der Waals surface area (Å²) in [6.07, 6.45) is 0. The summed E-state index contributed by atoms with van der Waals surface area (Å²) in [5.41, 5.74) is 2.39. The Morgan fingerprint density at radius 1 is 1.20 bits per heavy atom. The van der Waals surface area contributed by atoms with Crippen LogP contribution in [0.25, 0.3) is 0 Å². The zero-order valence-corrected chi connectivity index (χ0v) is 9.62. The first-order chi connectivity index (χ1) is 7.11. The molecular weight excluding hydrogens is 184 g/mol. The zero-order valence-electron chi connectivity index (χ0n) is 9.62. The Balaban J connectivity index is 2.27. The van der Waals surface area contributed by atoms with Gasteiger partial charge in [0.15, 0.2) is 0 Å². The Labute approximate surface area is 91.4 Å². The largest absolute Gasteiger partial charge is 0.349 e. The van der Waals surface area contributed by atoms with Gasteiger partial charge in [-0.15, -0.1) is 0 Å². The van der Waals surface area contributed by atoms with E-state index < -0.39 is 0 Å². The van der Waals surface area contributed by atoms with Crippen molar-refractivity contribution in [2.75, 3.05) is 0 Å². The summed E-state index contributed by atoms with van der Waals surface area (Å²) < 4.78 is 0. The van der Waals surface area contributed by atoms with Gasteiger partial charge in [0.05, 0.1) is 0 Å². The molecule has 1 aromatic rings. The van der Waals surface area contributed by atoms with Crippen molar-refractivity contribution >= 4 is 5.84 Å². The van der Waals surface area contributed by atoms with E-state index in [0.717, 1.165) is 12.1 Å². The van der Waals surface area contributed by atoms with Crippen LogP contribution < -0.4 is 0 Å². The molecule has 1 N–H and O–H groups in total. The van der Waals surface area contributed by atoms with Crippen LogP contribution in [-0.4, -0.2) is 16.8 Å². The summed E-state index contributed by atoms with van der Waals surface area (Å²) in [6, 6.07) is 8.67. The lowest BCUT2D eigenvalue weighted by molar-refractivity contribution is 0.268. The Hall–Kier alpha value is -1.31. The van der Waals surface area contributed by atoms with Gasteiger partial charge in [-0.25, -0.2) is 0 Å². The fourth-order valence-corrected chi connectivity index (χ4v) is 2.01. The standard InChI is InChI=1S/C13H18N2/c1-9(2)10(3)15-8-11-6-4-5-7-12(11)13(15)14/h4-7,9-10,14H,8H2,1-3H3. The van der Waals surface area contributed by atoms with E-state index in [9.17, 15) is 0 Å². The van der Waals surface area contributed by atoms with Gasteiger partial charge < -0.3 is 4.90 Å². The normalized spacial score (nSPS) is 17.1. The van der Waals surface area contributed by atoms with Crippen LogP contribution in [0.2, 0.25) is 0 Å². The third kappa shape index (κ3) is 1.65. The minimum Gasteiger partial charge on any atom is -0.349 e. The Morgan fingerprint density at radius 2 is 1.87 bits per heavy atom. The summed E-state index contributed by atoms with van der Waals surface area (Å²) in [6.45, 7) is 7.52. The highest BCUT2D eigenvalue weighted by atomic mass is 15.2. The molecule has 0 aromatic heterocycles. The number of fused-ring (bicyclic) bond motifs is 1. The minimum absolute atomic E-state index is 0.435. The van der Waals surface area contributed by atoms with Crippen LogP contribution >= 0.6 is 0 Å². The number of nitrogens with one attached hydrogen (secondary N) is 1. The topological polar surface area (TPSA) is 27.1 Å². The molecule has 2 rings (SSSR count). The van der Waals surface area contributed by atoms with Crippen LogP contribution in [0.4, 0.5) is 0 Å². The second-order valence-electron chi connectivity index (χ2n) is 4.62. The Kier molecular flexibility index (Phi) is 2.51. The quantitative estimate of drug-likeness (QED) is 0.784. The van der Waals surface area contributed by atoms with E-state index in [0.29, 0.717) is 17.8 Å². The fourth-order valence-electron chi connectivity index (χ4n) is 2.01. The molecule has 0 spiro atoms. The van der Waals surface area contributed by atoms with Crippen LogP contribution in [0.3, 0.4) is 0 Å². The van der Waals surface area contributed by atoms with Crippen molar-refractivity contribution in [2.45, 2.75) is 33.4 Å². The van der Waals surface area contributed by atoms with Gasteiger partial charge in [0.1, 0.15) is 5.84 Å². The molecule has 0 fully saturated rings. The predicted octanol–water partition coefficient (Wildman–Crippen LogP) is 2.87. The van der Waals surface area contributed by atoms with E-state index in [1.807, 2.05) is 12.1 Å². The van der Waals surface area contributed by atoms with E-state index in [1.165, 1.54) is 5.56 Å². The van der Waals surface area contributed by atoms with Gasteiger partial charge >= 0.3 is 0 Å². The van der Waals surface area contributed by atoms with Crippen LogP contribution in [0.15, 0.2) is 24.3 Å². The highest BCUT2D eigenvalue weighted by Gasteiger charge is 2.28. The molecule has 1 aromatic carbocycles. The first kappa shape index (κ1) is 10.2. The molecule has 0 amide bonds. The van der Waals surface area contributed by atoms with Gasteiger partial charge in [-0.3, -0.25) is 5.41 Å². The number of hydrogen-bond donors (Lipinski definition) is 1. The van der Waals surface area contributed by atoms with Crippen molar-refractivity contribution in [1.82, 2.24) is 4.90 Å². The highest BCUT2D eigenvalue weighted by Crippen LogP contribution is 2.26. The molecule has 1 atom stereocenters. The van der Waals surface area contributed by atoms with E-state index in [4.69, 9.17) is 5.41 Å². The molecule has 0 saturated heterocycles. The number of amidine groups is 1. The molecule has 0 bridgehead atoms. The van der Waals surface area contributed by atoms with Crippen LogP contribution in [0.1, 0.15) is 31.9 Å². The van der Waals surface area contributed by atoms with Gasteiger partial charge in [-0.05, 0) is 18.4 Å². The SMILES string of the molecule is CC(C)C(C)N1Cc2ccccc2C1=N. The predicted molar refractivity (Wildman–Crippen MR) is 63.1 cm³/mol. The van der Waals surface area contributed by atoms with Crippen LogP contribution in [0, 0.1) is 11.3 Å². The average Bonchev–Trinajstić information content (AvgIpc) is 2.56. The lowest BCUT2D eigenvalue weighted by Crippen LogP contribution is -2.36. The molecule has 0 saturated carbocycles. The lowest BCUT2D eigenvalue weighted by Gasteiger charge is -2.29. The molecule has 2 heteroatoms. The van der Waals surface area contributed by atoms with Gasteiger partial charge in [0.25, 0.3) is 0 Å². The maximum absolute atomic E-state index is 8.14. The molecule has 1 aliphatic heterocycles. The maximum Gasteiger partial charge on any atom is 0.128 e. The molecular formula is C13H18N2. The minimum atomic E-state index is 0.435. The fraction of sp³-hybridized carbons (Fsp3) is 0.462. The molecule has 15 heavy (non-hydrogen) atoms. The van der Waals surface area contributed by atoms with E-state index in [1.54, 1.807) is 0 Å². The van der Waals surface area contributed by atoms with Gasteiger partial charge in [0.2, 0.25) is 0 Å². The summed E-state index contributed by atoms with van der Waals surface area (Å²) in [5.74, 6) is 1.27. The lowest BCUT2D eigenvalue weighted by atomic mass is 10.1. The molecule has 1 aliphatic rings. The van der Waals surface area contributed by atoms with E-state index in [2.05, 4.69) is 37.8 Å². The molecule has 1 heterocycles. The van der Waals surface area contributed by atoms with Crippen molar-refractivity contribution in [2.24, 2.45) is 5.92 Å². The van der Waals surface area contributed by atoms with E-state index >= 15 is 0 Å². The molecule has 1 unspecified atom stereocenters. The zero-order chi connectivity index (χ0) is 11.0. The number of rotatable bonds is 2. The molecule has 80 valence electrons. The van der Waals surface area contributed by atoms with Crippen molar-refractivity contribution in [3.05, 3.63) is 35.4 Å².